The maximum atomic E-state index is 9.75. The van der Waals surface area contributed by atoms with Crippen LogP contribution in [0.1, 0.15) is 12.3 Å². The van der Waals surface area contributed by atoms with Gasteiger partial charge in [0.05, 0.1) is 12.3 Å². The van der Waals surface area contributed by atoms with Crippen molar-refractivity contribution in [2.24, 2.45) is 0 Å². The normalized spacial score (nSPS) is 14.4. The van der Waals surface area contributed by atoms with Crippen molar-refractivity contribution in [2.45, 2.75) is 0 Å². The molecule has 0 aliphatic rings. The molecule has 10 rings (SSSR count). The molecule has 0 saturated heterocycles. The van der Waals surface area contributed by atoms with Gasteiger partial charge in [0.2, 0.25) is 0 Å². The number of aromatic nitrogens is 3. The molecule has 4 nitrogen and oxygen atoms in total. The predicted molar refractivity (Wildman–Crippen MR) is 199 cm³/mol. The van der Waals surface area contributed by atoms with Crippen LogP contribution >= 0.6 is 11.3 Å². The molecule has 0 unspecified atom stereocenters. The molecule has 0 aliphatic heterocycles. The maximum Gasteiger partial charge on any atom is 0.165 e. The second-order valence-electron chi connectivity index (χ2n) is 11.3. The van der Waals surface area contributed by atoms with Crippen LogP contribution in [0.25, 0.3) is 98.2 Å². The molecule has 3 heterocycles. The van der Waals surface area contributed by atoms with Gasteiger partial charge >= 0.3 is 0 Å². The third kappa shape index (κ3) is 4.18. The largest absolute Gasteiger partial charge is 0.455 e. The quantitative estimate of drug-likeness (QED) is 0.192. The lowest BCUT2D eigenvalue weighted by Crippen LogP contribution is -2.01. The van der Waals surface area contributed by atoms with Gasteiger partial charge in [0.15, 0.2) is 17.5 Å². The van der Waals surface area contributed by atoms with E-state index in [9.17, 15) is 1.37 Å². The average molecular weight is 641 g/mol. The second kappa shape index (κ2) is 10.7. The Bertz CT molecular complexity index is 3350. The Labute approximate surface area is 292 Å². The summed E-state index contributed by atoms with van der Waals surface area (Å²) < 4.78 is 87.5. The third-order valence-electron chi connectivity index (χ3n) is 8.49. The van der Waals surface area contributed by atoms with E-state index in [4.69, 9.17) is 30.3 Å². The number of hydrogen-bond acceptors (Lipinski definition) is 5. The number of fused-ring (bicyclic) bond motifs is 8. The molecule has 10 aromatic rings. The minimum absolute atomic E-state index is 0.0492. The summed E-state index contributed by atoms with van der Waals surface area (Å²) in [6.07, 6.45) is 0. The summed E-state index contributed by atoms with van der Waals surface area (Å²) in [5, 5.41) is 1.76. The molecule has 0 fully saturated rings. The third-order valence-corrected chi connectivity index (χ3v) is 9.70. The van der Waals surface area contributed by atoms with Crippen molar-refractivity contribution in [3.63, 3.8) is 0 Å². The summed E-state index contributed by atoms with van der Waals surface area (Å²) in [5.74, 6) is 0.462. The van der Waals surface area contributed by atoms with Crippen LogP contribution in [0.5, 0.6) is 0 Å². The van der Waals surface area contributed by atoms with E-state index in [0.717, 1.165) is 31.3 Å². The van der Waals surface area contributed by atoms with Crippen LogP contribution in [0.15, 0.2) is 156 Å². The Morgan fingerprint density at radius 1 is 0.500 bits per heavy atom. The lowest BCUT2D eigenvalue weighted by Gasteiger charge is -2.12. The molecule has 0 spiro atoms. The van der Waals surface area contributed by atoms with Crippen molar-refractivity contribution in [1.29, 1.82) is 0 Å². The molecule has 48 heavy (non-hydrogen) atoms. The Morgan fingerprint density at radius 3 is 1.94 bits per heavy atom. The molecule has 0 amide bonds. The number of thiophene rings is 1. The predicted octanol–water partition coefficient (Wildman–Crippen LogP) is 12.0. The molecule has 0 saturated carbocycles. The lowest BCUT2D eigenvalue weighted by molar-refractivity contribution is 0.672. The van der Waals surface area contributed by atoms with E-state index >= 15 is 0 Å². The topological polar surface area (TPSA) is 51.8 Å². The Morgan fingerprint density at radius 2 is 1.12 bits per heavy atom. The summed E-state index contributed by atoms with van der Waals surface area (Å²) in [6, 6.07) is 27.1. The summed E-state index contributed by atoms with van der Waals surface area (Å²) in [7, 11) is 0. The van der Waals surface area contributed by atoms with Gasteiger partial charge < -0.3 is 4.42 Å². The average Bonchev–Trinajstić information content (AvgIpc) is 3.84. The summed E-state index contributed by atoms with van der Waals surface area (Å²) in [6.45, 7) is 0. The Kier molecular flexibility index (Phi) is 4.34. The summed E-state index contributed by atoms with van der Waals surface area (Å²) in [5.41, 5.74) is 2.94. The number of nitrogens with zero attached hydrogens (tertiary/aromatic N) is 3. The number of benzene rings is 7. The van der Waals surface area contributed by atoms with Gasteiger partial charge in [-0.3, -0.25) is 0 Å². The smallest absolute Gasteiger partial charge is 0.165 e. The molecule has 0 N–H and O–H groups in total. The SMILES string of the molecule is [2H]c1c([2H])c([2H])c2c(oc3c4c([2H])c([2H])c([2H])c([2H])c4c(-c4nc(-c5ccccc5)nc(-c5ccc(-c6ccccc6)c6c5sc5ccccc56)n4)c([2H])c32)c1[2H]. The van der Waals surface area contributed by atoms with Gasteiger partial charge in [-0.05, 0) is 40.7 Å². The van der Waals surface area contributed by atoms with Crippen LogP contribution in [-0.2, 0) is 0 Å². The molecule has 224 valence electrons. The van der Waals surface area contributed by atoms with E-state index in [1.54, 1.807) is 11.3 Å². The van der Waals surface area contributed by atoms with Crippen molar-refractivity contribution in [2.75, 3.05) is 0 Å². The standard InChI is InChI=1S/C43H25N3OS/c1-3-13-26(14-4-1)28-23-24-33(40-38(28)32-20-10-12-22-37(32)48-40)42-44-41(27-15-5-2-6-16-27)45-43(46-42)35-25-34-30-18-9-11-21-36(30)47-39(34)31-19-8-7-17-29(31)35/h1-25H/i7D,8D,9D,11D,17D,18D,19D,21D,25D. The highest BCUT2D eigenvalue weighted by Gasteiger charge is 2.21. The van der Waals surface area contributed by atoms with E-state index in [1.807, 2.05) is 72.8 Å². The zero-order valence-corrected chi connectivity index (χ0v) is 25.7. The van der Waals surface area contributed by atoms with Gasteiger partial charge in [0.25, 0.3) is 0 Å². The lowest BCUT2D eigenvalue weighted by atomic mass is 9.97. The van der Waals surface area contributed by atoms with Gasteiger partial charge in [-0.15, -0.1) is 11.3 Å². The Hall–Kier alpha value is -6.17. The number of hydrogen-bond donors (Lipinski definition) is 0. The zero-order valence-electron chi connectivity index (χ0n) is 33.9. The van der Waals surface area contributed by atoms with E-state index in [2.05, 4.69) is 24.3 Å². The van der Waals surface area contributed by atoms with E-state index in [-0.39, 0.29) is 61.8 Å². The molecule has 0 radical (unpaired) electrons. The summed E-state index contributed by atoms with van der Waals surface area (Å²) >= 11 is 1.60. The maximum absolute atomic E-state index is 9.75. The van der Waals surface area contributed by atoms with Crippen molar-refractivity contribution >= 4 is 64.2 Å². The van der Waals surface area contributed by atoms with E-state index in [0.29, 0.717) is 11.1 Å². The summed E-state index contributed by atoms with van der Waals surface area (Å²) in [4.78, 5) is 14.9. The van der Waals surface area contributed by atoms with Gasteiger partial charge in [0.1, 0.15) is 11.2 Å². The second-order valence-corrected chi connectivity index (χ2v) is 12.3. The van der Waals surface area contributed by atoms with E-state index < -0.39 is 48.3 Å². The first-order valence-electron chi connectivity index (χ1n) is 19.7. The minimum Gasteiger partial charge on any atom is -0.455 e. The van der Waals surface area contributed by atoms with Crippen LogP contribution < -0.4 is 0 Å². The minimum atomic E-state index is -0.551. The molecule has 0 aliphatic carbocycles. The van der Waals surface area contributed by atoms with Crippen LogP contribution in [0.4, 0.5) is 0 Å². The van der Waals surface area contributed by atoms with Crippen molar-refractivity contribution < 1.29 is 16.8 Å². The molecule has 3 aromatic heterocycles. The molecule has 0 bridgehead atoms. The monoisotopic (exact) mass is 640 g/mol. The van der Waals surface area contributed by atoms with Gasteiger partial charge in [0, 0.05) is 53.0 Å². The Balaban J connectivity index is 1.37. The van der Waals surface area contributed by atoms with Gasteiger partial charge in [-0.2, -0.15) is 0 Å². The molecule has 5 heteroatoms. The fourth-order valence-electron chi connectivity index (χ4n) is 6.33. The van der Waals surface area contributed by atoms with Crippen LogP contribution in [0.3, 0.4) is 0 Å². The highest BCUT2D eigenvalue weighted by molar-refractivity contribution is 7.26. The van der Waals surface area contributed by atoms with Crippen molar-refractivity contribution in [3.05, 3.63) is 151 Å². The van der Waals surface area contributed by atoms with Crippen LogP contribution in [0, 0.1) is 0 Å². The van der Waals surface area contributed by atoms with Crippen LogP contribution in [-0.4, -0.2) is 15.0 Å². The number of furan rings is 1. The van der Waals surface area contributed by atoms with Crippen LogP contribution in [0.2, 0.25) is 0 Å². The number of para-hydroxylation sites is 1. The van der Waals surface area contributed by atoms with Gasteiger partial charge in [-0.1, -0.05) is 127 Å². The van der Waals surface area contributed by atoms with Crippen molar-refractivity contribution in [3.8, 4) is 45.3 Å². The highest BCUT2D eigenvalue weighted by atomic mass is 32.1. The van der Waals surface area contributed by atoms with E-state index in [1.165, 1.54) is 0 Å². The molecule has 0 atom stereocenters. The molecular formula is C43H25N3OS. The molecule has 7 aromatic carbocycles. The fraction of sp³-hybridized carbons (Fsp3) is 0. The fourth-order valence-corrected chi connectivity index (χ4v) is 7.57. The first-order valence-corrected chi connectivity index (χ1v) is 16.0. The zero-order chi connectivity index (χ0) is 39.4. The first kappa shape index (κ1) is 19.5. The molecular weight excluding hydrogens is 607 g/mol. The highest BCUT2D eigenvalue weighted by Crippen LogP contribution is 2.45. The van der Waals surface area contributed by atoms with Gasteiger partial charge in [-0.25, -0.2) is 15.0 Å². The first-order chi connectivity index (χ1) is 27.5. The number of rotatable bonds is 4. The van der Waals surface area contributed by atoms with Crippen molar-refractivity contribution in [1.82, 2.24) is 15.0 Å².